The van der Waals surface area contributed by atoms with Crippen LogP contribution in [0.1, 0.15) is 5.56 Å². The molecule has 5 nitrogen and oxygen atoms in total. The van der Waals surface area contributed by atoms with E-state index in [1.807, 2.05) is 0 Å². The standard InChI is InChI=1S/C17H15ClFNO4/c1-23-13-4-2-3-11(7-13)8-17(22)24-10-16(21)20-15-6-5-12(18)9-14(15)19/h2-7,9H,8,10H2,1H3,(H,20,21). The number of halogens is 2. The van der Waals surface area contributed by atoms with Crippen LogP contribution < -0.4 is 10.1 Å². The van der Waals surface area contributed by atoms with E-state index in [1.54, 1.807) is 24.3 Å². The summed E-state index contributed by atoms with van der Waals surface area (Å²) in [5.74, 6) is -1.26. The fourth-order valence-electron chi connectivity index (χ4n) is 1.92. The molecule has 2 aromatic rings. The minimum absolute atomic E-state index is 0.000212. The molecule has 2 aromatic carbocycles. The van der Waals surface area contributed by atoms with Gasteiger partial charge >= 0.3 is 5.97 Å². The average Bonchev–Trinajstić information content (AvgIpc) is 2.56. The number of carbonyl (C=O) groups is 2. The average molecular weight is 352 g/mol. The molecular formula is C17H15ClFNO4. The number of ether oxygens (including phenoxy) is 2. The summed E-state index contributed by atoms with van der Waals surface area (Å²) in [7, 11) is 1.53. The highest BCUT2D eigenvalue weighted by atomic mass is 35.5. The van der Waals surface area contributed by atoms with Gasteiger partial charge in [0.25, 0.3) is 5.91 Å². The summed E-state index contributed by atoms with van der Waals surface area (Å²) in [5, 5.41) is 2.52. The Morgan fingerprint density at radius 2 is 2.00 bits per heavy atom. The fourth-order valence-corrected chi connectivity index (χ4v) is 2.08. The highest BCUT2D eigenvalue weighted by Gasteiger charge is 2.11. The zero-order valence-electron chi connectivity index (χ0n) is 12.8. The molecule has 1 N–H and O–H groups in total. The Balaban J connectivity index is 1.83. The highest BCUT2D eigenvalue weighted by Crippen LogP contribution is 2.18. The third-order valence-corrected chi connectivity index (χ3v) is 3.29. The molecule has 0 aliphatic carbocycles. The molecule has 0 heterocycles. The summed E-state index contributed by atoms with van der Waals surface area (Å²) < 4.78 is 23.5. The number of anilines is 1. The lowest BCUT2D eigenvalue weighted by molar-refractivity contribution is -0.146. The van der Waals surface area contributed by atoms with Crippen molar-refractivity contribution in [2.45, 2.75) is 6.42 Å². The van der Waals surface area contributed by atoms with Crippen molar-refractivity contribution in [3.63, 3.8) is 0 Å². The lowest BCUT2D eigenvalue weighted by Crippen LogP contribution is -2.22. The van der Waals surface area contributed by atoms with E-state index in [1.165, 1.54) is 19.2 Å². The molecule has 0 aliphatic rings. The van der Waals surface area contributed by atoms with Crippen molar-refractivity contribution in [1.82, 2.24) is 0 Å². The number of nitrogens with one attached hydrogen (secondary N) is 1. The second-order valence-corrected chi connectivity index (χ2v) is 5.30. The maximum Gasteiger partial charge on any atom is 0.310 e. The molecule has 0 saturated heterocycles. The second-order valence-electron chi connectivity index (χ2n) is 4.86. The summed E-state index contributed by atoms with van der Waals surface area (Å²) in [4.78, 5) is 23.4. The van der Waals surface area contributed by atoms with Gasteiger partial charge in [-0.2, -0.15) is 0 Å². The molecule has 0 aromatic heterocycles. The van der Waals surface area contributed by atoms with Gasteiger partial charge in [0.1, 0.15) is 11.6 Å². The Morgan fingerprint density at radius 3 is 2.71 bits per heavy atom. The lowest BCUT2D eigenvalue weighted by Gasteiger charge is -2.08. The molecular weight excluding hydrogens is 337 g/mol. The molecule has 24 heavy (non-hydrogen) atoms. The van der Waals surface area contributed by atoms with Crippen molar-refractivity contribution in [2.24, 2.45) is 0 Å². The van der Waals surface area contributed by atoms with Gasteiger partial charge in [0.05, 0.1) is 19.2 Å². The first kappa shape index (κ1) is 17.7. The van der Waals surface area contributed by atoms with Gasteiger partial charge in [-0.3, -0.25) is 9.59 Å². The van der Waals surface area contributed by atoms with Crippen LogP contribution in [0.3, 0.4) is 0 Å². The fraction of sp³-hybridized carbons (Fsp3) is 0.176. The van der Waals surface area contributed by atoms with Gasteiger partial charge in [0, 0.05) is 5.02 Å². The monoisotopic (exact) mass is 351 g/mol. The summed E-state index contributed by atoms with van der Waals surface area (Å²) in [6.07, 6.45) is -0.000212. The van der Waals surface area contributed by atoms with Gasteiger partial charge < -0.3 is 14.8 Å². The maximum absolute atomic E-state index is 13.5. The molecule has 0 spiro atoms. The molecule has 0 bridgehead atoms. The molecule has 2 rings (SSSR count). The molecule has 0 fully saturated rings. The number of amides is 1. The summed E-state index contributed by atoms with van der Waals surface area (Å²) in [6.45, 7) is -0.509. The molecule has 0 radical (unpaired) electrons. The van der Waals surface area contributed by atoms with E-state index in [2.05, 4.69) is 5.32 Å². The number of benzene rings is 2. The Bertz CT molecular complexity index is 751. The summed E-state index contributed by atoms with van der Waals surface area (Å²) in [5.41, 5.74) is 0.664. The maximum atomic E-state index is 13.5. The largest absolute Gasteiger partial charge is 0.497 e. The highest BCUT2D eigenvalue weighted by molar-refractivity contribution is 6.30. The summed E-state index contributed by atoms with van der Waals surface area (Å²) in [6, 6.07) is 10.8. The first-order valence-corrected chi connectivity index (χ1v) is 7.39. The van der Waals surface area contributed by atoms with Gasteiger partial charge in [-0.15, -0.1) is 0 Å². The molecule has 0 atom stereocenters. The SMILES string of the molecule is COc1cccc(CC(=O)OCC(=O)Nc2ccc(Cl)cc2F)c1. The van der Waals surface area contributed by atoms with Crippen LogP contribution in [0.25, 0.3) is 0 Å². The number of carbonyl (C=O) groups excluding carboxylic acids is 2. The topological polar surface area (TPSA) is 64.6 Å². The van der Waals surface area contributed by atoms with Gasteiger partial charge in [-0.1, -0.05) is 23.7 Å². The van der Waals surface area contributed by atoms with E-state index < -0.39 is 24.3 Å². The normalized spacial score (nSPS) is 10.1. The minimum atomic E-state index is -0.668. The van der Waals surface area contributed by atoms with E-state index in [0.29, 0.717) is 11.3 Å². The van der Waals surface area contributed by atoms with E-state index in [9.17, 15) is 14.0 Å². The van der Waals surface area contributed by atoms with Crippen molar-refractivity contribution in [3.05, 3.63) is 58.9 Å². The van der Waals surface area contributed by atoms with E-state index in [-0.39, 0.29) is 17.1 Å². The van der Waals surface area contributed by atoms with Crippen molar-refractivity contribution in [3.8, 4) is 5.75 Å². The minimum Gasteiger partial charge on any atom is -0.497 e. The van der Waals surface area contributed by atoms with Crippen LogP contribution in [-0.4, -0.2) is 25.6 Å². The Hall–Kier alpha value is -2.60. The van der Waals surface area contributed by atoms with E-state index >= 15 is 0 Å². The quantitative estimate of drug-likeness (QED) is 0.812. The first-order chi connectivity index (χ1) is 11.5. The predicted octanol–water partition coefficient (Wildman–Crippen LogP) is 3.21. The van der Waals surface area contributed by atoms with Gasteiger partial charge in [0.15, 0.2) is 6.61 Å². The van der Waals surface area contributed by atoms with Gasteiger partial charge in [-0.05, 0) is 35.9 Å². The Morgan fingerprint density at radius 1 is 1.21 bits per heavy atom. The van der Waals surface area contributed by atoms with Gasteiger partial charge in [0.2, 0.25) is 0 Å². The number of hydrogen-bond donors (Lipinski definition) is 1. The zero-order chi connectivity index (χ0) is 17.5. The van der Waals surface area contributed by atoms with Crippen LogP contribution in [0.2, 0.25) is 5.02 Å². The third kappa shape index (κ3) is 5.24. The van der Waals surface area contributed by atoms with Gasteiger partial charge in [-0.25, -0.2) is 4.39 Å². The smallest absolute Gasteiger partial charge is 0.310 e. The number of hydrogen-bond acceptors (Lipinski definition) is 4. The van der Waals surface area contributed by atoms with Crippen LogP contribution in [-0.2, 0) is 20.7 Å². The number of methoxy groups -OCH3 is 1. The number of rotatable bonds is 6. The van der Waals surface area contributed by atoms with Crippen LogP contribution in [0.5, 0.6) is 5.75 Å². The van der Waals surface area contributed by atoms with Crippen molar-refractivity contribution < 1.29 is 23.5 Å². The third-order valence-electron chi connectivity index (χ3n) is 3.05. The lowest BCUT2D eigenvalue weighted by atomic mass is 10.1. The van der Waals surface area contributed by atoms with Crippen LogP contribution in [0.15, 0.2) is 42.5 Å². The van der Waals surface area contributed by atoms with Crippen molar-refractivity contribution >= 4 is 29.2 Å². The van der Waals surface area contributed by atoms with E-state index in [0.717, 1.165) is 6.07 Å². The summed E-state index contributed by atoms with van der Waals surface area (Å²) >= 11 is 5.62. The van der Waals surface area contributed by atoms with Crippen molar-refractivity contribution in [2.75, 3.05) is 19.0 Å². The van der Waals surface area contributed by atoms with Crippen LogP contribution in [0.4, 0.5) is 10.1 Å². The molecule has 126 valence electrons. The molecule has 0 aliphatic heterocycles. The number of esters is 1. The second kappa shape index (κ2) is 8.31. The molecule has 0 unspecified atom stereocenters. The van der Waals surface area contributed by atoms with Crippen molar-refractivity contribution in [1.29, 1.82) is 0 Å². The molecule has 7 heteroatoms. The first-order valence-electron chi connectivity index (χ1n) is 7.01. The Labute approximate surface area is 143 Å². The molecule has 0 saturated carbocycles. The van der Waals surface area contributed by atoms with Crippen LogP contribution >= 0.6 is 11.6 Å². The van der Waals surface area contributed by atoms with Crippen LogP contribution in [0, 0.1) is 5.82 Å². The molecule has 1 amide bonds. The van der Waals surface area contributed by atoms with E-state index in [4.69, 9.17) is 21.1 Å². The zero-order valence-corrected chi connectivity index (χ0v) is 13.6. The predicted molar refractivity (Wildman–Crippen MR) is 87.7 cm³/mol. The Kier molecular flexibility index (Phi) is 6.14.